The number of aliphatic hydroxyl groups excluding tert-OH is 7. The van der Waals surface area contributed by atoms with Crippen LogP contribution in [0.2, 0.25) is 0 Å². The fourth-order valence-corrected chi connectivity index (χ4v) is 12.4. The van der Waals surface area contributed by atoms with Crippen molar-refractivity contribution in [3.63, 3.8) is 0 Å². The molecule has 0 saturated carbocycles. The number of ether oxygens (including phenoxy) is 2. The molecular weight excluding hydrogens is 1050 g/mol. The summed E-state index contributed by atoms with van der Waals surface area (Å²) in [6.07, 6.45) is 66.0. The Morgan fingerprint density at radius 1 is 0.405 bits per heavy atom. The molecule has 0 aromatic carbocycles. The first-order valence-electron chi connectivity index (χ1n) is 37.1. The van der Waals surface area contributed by atoms with Gasteiger partial charge >= 0.3 is 0 Å². The fraction of sp³-hybridized carbons (Fsp3) is 0.959. The molecule has 0 aromatic rings. The lowest BCUT2D eigenvalue weighted by atomic mass is 9.98. The van der Waals surface area contributed by atoms with Crippen molar-refractivity contribution in [2.75, 3.05) is 13.2 Å². The number of amides is 1. The number of allylic oxidation sites excluding steroid dienone is 2. The van der Waals surface area contributed by atoms with Crippen molar-refractivity contribution < 1.29 is 50.0 Å². The first-order valence-corrected chi connectivity index (χ1v) is 37.1. The van der Waals surface area contributed by atoms with Crippen LogP contribution >= 0.6 is 0 Å². The van der Waals surface area contributed by atoms with Gasteiger partial charge in [-0.1, -0.05) is 353 Å². The lowest BCUT2D eigenvalue weighted by molar-refractivity contribution is -0.303. The quantitative estimate of drug-likeness (QED) is 0.0215. The first-order chi connectivity index (χ1) is 41.2. The van der Waals surface area contributed by atoms with E-state index in [4.69, 9.17) is 9.47 Å². The van der Waals surface area contributed by atoms with Crippen molar-refractivity contribution in [2.24, 2.45) is 0 Å². The summed E-state index contributed by atoms with van der Waals surface area (Å²) in [4.78, 5) is 13.3. The van der Waals surface area contributed by atoms with Gasteiger partial charge in [0.15, 0.2) is 6.29 Å². The van der Waals surface area contributed by atoms with E-state index in [2.05, 4.69) is 31.3 Å². The van der Waals surface area contributed by atoms with Gasteiger partial charge in [-0.3, -0.25) is 4.79 Å². The molecule has 500 valence electrons. The molecule has 0 radical (unpaired) electrons. The Morgan fingerprint density at radius 2 is 0.702 bits per heavy atom. The Hall–Kier alpha value is -1.15. The van der Waals surface area contributed by atoms with Gasteiger partial charge < -0.3 is 50.5 Å². The lowest BCUT2D eigenvalue weighted by Crippen LogP contribution is -2.60. The highest BCUT2D eigenvalue weighted by molar-refractivity contribution is 5.80. The Kier molecular flexibility index (Phi) is 59.7. The van der Waals surface area contributed by atoms with Crippen LogP contribution in [0.15, 0.2) is 12.2 Å². The molecular formula is C73H143NO10. The number of unbranched alkanes of at least 4 members (excludes halogenated alkanes) is 52. The third kappa shape index (κ3) is 48.7. The number of aliphatic hydroxyl groups is 7. The fourth-order valence-electron chi connectivity index (χ4n) is 12.4. The van der Waals surface area contributed by atoms with Gasteiger partial charge in [-0.15, -0.1) is 0 Å². The van der Waals surface area contributed by atoms with E-state index in [1.54, 1.807) is 0 Å². The van der Waals surface area contributed by atoms with Crippen LogP contribution < -0.4 is 5.32 Å². The Morgan fingerprint density at radius 3 is 1.02 bits per heavy atom. The number of carbonyl (C=O) groups excluding carboxylic acids is 1. The second-order valence-corrected chi connectivity index (χ2v) is 26.4. The molecule has 84 heavy (non-hydrogen) atoms. The van der Waals surface area contributed by atoms with Crippen molar-refractivity contribution in [3.8, 4) is 0 Å². The molecule has 1 saturated heterocycles. The van der Waals surface area contributed by atoms with Crippen molar-refractivity contribution >= 4 is 5.91 Å². The van der Waals surface area contributed by atoms with E-state index in [0.717, 1.165) is 32.1 Å². The largest absolute Gasteiger partial charge is 0.394 e. The molecule has 9 unspecified atom stereocenters. The standard InChI is InChI=1S/C73H143NO10/c1-3-5-7-9-11-13-15-17-19-21-23-25-27-29-30-31-32-33-34-35-37-38-40-42-44-46-48-50-52-54-56-58-60-65(76)68(78)64(63-83-73-71(81)70(80)69(79)67(62-75)84-73)74-72(82)66(77)61-59-57-55-53-51-49-47-45-43-41-39-36-28-26-24-22-20-18-16-14-12-10-8-6-4-2/h52,54,64-71,73,75-81H,3-51,53,55-63H2,1-2H3,(H,74,82)/b54-52+. The number of rotatable bonds is 66. The molecule has 1 amide bonds. The van der Waals surface area contributed by atoms with Crippen LogP contribution in [0.4, 0.5) is 0 Å². The van der Waals surface area contributed by atoms with Gasteiger partial charge in [0.2, 0.25) is 5.91 Å². The second kappa shape index (κ2) is 62.1. The molecule has 0 bridgehead atoms. The minimum Gasteiger partial charge on any atom is -0.394 e. The minimum absolute atomic E-state index is 0.260. The molecule has 0 aromatic heterocycles. The smallest absolute Gasteiger partial charge is 0.249 e. The van der Waals surface area contributed by atoms with Crippen LogP contribution in [-0.2, 0) is 14.3 Å². The Balaban J connectivity index is 2.17. The highest BCUT2D eigenvalue weighted by Gasteiger charge is 2.44. The van der Waals surface area contributed by atoms with Gasteiger partial charge in [0.1, 0.15) is 36.6 Å². The van der Waals surface area contributed by atoms with Crippen LogP contribution in [0.25, 0.3) is 0 Å². The topological polar surface area (TPSA) is 189 Å². The summed E-state index contributed by atoms with van der Waals surface area (Å²) in [5, 5.41) is 76.6. The molecule has 1 fully saturated rings. The molecule has 1 aliphatic heterocycles. The molecule has 11 heteroatoms. The summed E-state index contributed by atoms with van der Waals surface area (Å²) in [7, 11) is 0. The van der Waals surface area contributed by atoms with Gasteiger partial charge in [0, 0.05) is 0 Å². The van der Waals surface area contributed by atoms with Crippen LogP contribution in [-0.4, -0.2) is 110 Å². The van der Waals surface area contributed by atoms with Crippen molar-refractivity contribution in [2.45, 2.75) is 435 Å². The molecule has 0 aliphatic carbocycles. The van der Waals surface area contributed by atoms with E-state index >= 15 is 0 Å². The van der Waals surface area contributed by atoms with Crippen LogP contribution in [0, 0.1) is 0 Å². The summed E-state index contributed by atoms with van der Waals surface area (Å²) in [5.74, 6) is -0.697. The number of hydrogen-bond acceptors (Lipinski definition) is 10. The van der Waals surface area contributed by atoms with Gasteiger partial charge in [-0.05, 0) is 38.5 Å². The van der Waals surface area contributed by atoms with Crippen molar-refractivity contribution in [1.82, 2.24) is 5.32 Å². The number of carbonyl (C=O) groups is 1. The van der Waals surface area contributed by atoms with Gasteiger partial charge in [0.25, 0.3) is 0 Å². The molecule has 1 aliphatic rings. The normalized spacial score (nSPS) is 18.9. The predicted octanol–water partition coefficient (Wildman–Crippen LogP) is 18.2. The zero-order chi connectivity index (χ0) is 61.0. The molecule has 11 nitrogen and oxygen atoms in total. The van der Waals surface area contributed by atoms with Crippen LogP contribution in [0.5, 0.6) is 0 Å². The van der Waals surface area contributed by atoms with Gasteiger partial charge in [-0.2, -0.15) is 0 Å². The summed E-state index contributed by atoms with van der Waals surface area (Å²) < 4.78 is 11.2. The zero-order valence-electron chi connectivity index (χ0n) is 55.4. The van der Waals surface area contributed by atoms with E-state index in [1.807, 2.05) is 0 Å². The maximum atomic E-state index is 13.3. The van der Waals surface area contributed by atoms with E-state index in [0.29, 0.717) is 12.8 Å². The third-order valence-corrected chi connectivity index (χ3v) is 18.3. The monoisotopic (exact) mass is 1190 g/mol. The SMILES string of the molecule is CCCCCCCCCCCCCCCCCCCCCCCCCCCCC/C=C/CCCC(O)C(O)C(COC1OC(CO)C(O)C(O)C1O)NC(=O)C(O)CCCCCCCCCCCCCCCCCCCCCCCCCCC. The maximum absolute atomic E-state index is 13.3. The zero-order valence-corrected chi connectivity index (χ0v) is 55.4. The summed E-state index contributed by atoms with van der Waals surface area (Å²) in [6, 6.07) is -1.18. The van der Waals surface area contributed by atoms with Gasteiger partial charge in [0.05, 0.1) is 25.4 Å². The van der Waals surface area contributed by atoms with Crippen LogP contribution in [0.3, 0.4) is 0 Å². The Labute approximate surface area is 519 Å². The summed E-state index contributed by atoms with van der Waals surface area (Å²) in [6.45, 7) is 3.51. The third-order valence-electron chi connectivity index (χ3n) is 18.3. The van der Waals surface area contributed by atoms with Crippen LogP contribution in [0.1, 0.15) is 380 Å². The van der Waals surface area contributed by atoms with E-state index in [9.17, 15) is 40.5 Å². The van der Waals surface area contributed by atoms with Crippen molar-refractivity contribution in [3.05, 3.63) is 12.2 Å². The van der Waals surface area contributed by atoms with Gasteiger partial charge in [-0.25, -0.2) is 0 Å². The minimum atomic E-state index is -1.67. The number of hydrogen-bond donors (Lipinski definition) is 8. The molecule has 8 N–H and O–H groups in total. The number of nitrogens with one attached hydrogen (secondary N) is 1. The molecule has 9 atom stereocenters. The molecule has 1 rings (SSSR count). The van der Waals surface area contributed by atoms with E-state index < -0.39 is 74.2 Å². The highest BCUT2D eigenvalue weighted by Crippen LogP contribution is 2.24. The Bertz CT molecular complexity index is 1370. The maximum Gasteiger partial charge on any atom is 0.249 e. The summed E-state index contributed by atoms with van der Waals surface area (Å²) in [5.41, 5.74) is 0. The highest BCUT2D eigenvalue weighted by atomic mass is 16.7. The lowest BCUT2D eigenvalue weighted by Gasteiger charge is -2.40. The van der Waals surface area contributed by atoms with Crippen molar-refractivity contribution in [1.29, 1.82) is 0 Å². The summed E-state index contributed by atoms with van der Waals surface area (Å²) >= 11 is 0. The first kappa shape index (κ1) is 80.9. The average Bonchev–Trinajstić information content (AvgIpc) is 3.66. The molecule has 0 spiro atoms. The second-order valence-electron chi connectivity index (χ2n) is 26.4. The van der Waals surface area contributed by atoms with E-state index in [-0.39, 0.29) is 12.8 Å². The molecule has 1 heterocycles. The van der Waals surface area contributed by atoms with E-state index in [1.165, 1.54) is 308 Å². The predicted molar refractivity (Wildman–Crippen MR) is 353 cm³/mol. The average molecular weight is 1190 g/mol.